The second-order valence-corrected chi connectivity index (χ2v) is 5.47. The molecule has 0 aromatic carbocycles. The van der Waals surface area contributed by atoms with Gasteiger partial charge in [-0.05, 0) is 33.2 Å². The van der Waals surface area contributed by atoms with Crippen LogP contribution in [0.3, 0.4) is 0 Å². The van der Waals surface area contributed by atoms with Gasteiger partial charge in [0.1, 0.15) is 0 Å². The number of hydrogen-bond acceptors (Lipinski definition) is 3. The van der Waals surface area contributed by atoms with E-state index >= 15 is 0 Å². The van der Waals surface area contributed by atoms with Gasteiger partial charge >= 0.3 is 0 Å². The molecule has 2 fully saturated rings. The van der Waals surface area contributed by atoms with Crippen LogP contribution < -0.4 is 5.73 Å². The van der Waals surface area contributed by atoms with Crippen molar-refractivity contribution in [3.63, 3.8) is 0 Å². The molecule has 0 aromatic heterocycles. The van der Waals surface area contributed by atoms with E-state index in [1.807, 2.05) is 0 Å². The summed E-state index contributed by atoms with van der Waals surface area (Å²) in [5, 5.41) is 0. The number of hydrogen-bond donors (Lipinski definition) is 1. The minimum atomic E-state index is 0.0992. The van der Waals surface area contributed by atoms with E-state index in [-0.39, 0.29) is 11.6 Å². The van der Waals surface area contributed by atoms with Gasteiger partial charge in [0.25, 0.3) is 0 Å². The molecule has 1 heterocycles. The Bertz CT molecular complexity index is 228. The summed E-state index contributed by atoms with van der Waals surface area (Å²) in [4.78, 5) is 2.55. The van der Waals surface area contributed by atoms with Gasteiger partial charge in [-0.1, -0.05) is 19.3 Å². The predicted molar refractivity (Wildman–Crippen MR) is 66.5 cm³/mol. The summed E-state index contributed by atoms with van der Waals surface area (Å²) in [6, 6.07) is 0.724. The first-order chi connectivity index (χ1) is 7.70. The fraction of sp³-hybridized carbons (Fsp3) is 1.00. The zero-order valence-electron chi connectivity index (χ0n) is 10.7. The third kappa shape index (κ3) is 2.01. The van der Waals surface area contributed by atoms with Gasteiger partial charge in [0.05, 0.1) is 11.6 Å². The number of nitrogens with two attached hydrogens (primary N) is 1. The van der Waals surface area contributed by atoms with E-state index in [1.54, 1.807) is 0 Å². The van der Waals surface area contributed by atoms with Gasteiger partial charge in [-0.2, -0.15) is 0 Å². The highest BCUT2D eigenvalue weighted by Gasteiger charge is 2.45. The van der Waals surface area contributed by atoms with Crippen LogP contribution in [0.2, 0.25) is 0 Å². The first-order valence-electron chi connectivity index (χ1n) is 6.75. The van der Waals surface area contributed by atoms with Crippen molar-refractivity contribution in [2.45, 2.75) is 63.1 Å². The van der Waals surface area contributed by atoms with Crippen molar-refractivity contribution in [1.29, 1.82) is 0 Å². The fourth-order valence-electron chi connectivity index (χ4n) is 3.48. The third-order valence-electron chi connectivity index (χ3n) is 4.84. The minimum Gasteiger partial charge on any atom is -0.376 e. The maximum absolute atomic E-state index is 6.05. The van der Waals surface area contributed by atoms with Crippen molar-refractivity contribution >= 4 is 0 Å². The largest absolute Gasteiger partial charge is 0.376 e. The van der Waals surface area contributed by atoms with Crippen LogP contribution in [0.25, 0.3) is 0 Å². The quantitative estimate of drug-likeness (QED) is 0.797. The number of likely N-dealkylation sites (N-methyl/N-ethyl adjacent to an activating group) is 1. The van der Waals surface area contributed by atoms with E-state index < -0.39 is 0 Å². The lowest BCUT2D eigenvalue weighted by atomic mass is 9.85. The molecule has 2 atom stereocenters. The minimum absolute atomic E-state index is 0.0992. The normalized spacial score (nSPS) is 37.1. The topological polar surface area (TPSA) is 38.5 Å². The Hall–Kier alpha value is -0.120. The van der Waals surface area contributed by atoms with Crippen LogP contribution in [0.15, 0.2) is 0 Å². The van der Waals surface area contributed by atoms with Gasteiger partial charge in [0, 0.05) is 19.2 Å². The van der Waals surface area contributed by atoms with Crippen LogP contribution in [0, 0.1) is 0 Å². The molecular weight excluding hydrogens is 200 g/mol. The molecule has 2 unspecified atom stereocenters. The lowest BCUT2D eigenvalue weighted by Gasteiger charge is -2.46. The molecule has 3 heteroatoms. The molecule has 1 saturated carbocycles. The number of nitrogens with zero attached hydrogens (tertiary/aromatic N) is 1. The van der Waals surface area contributed by atoms with Crippen LogP contribution in [-0.2, 0) is 4.74 Å². The second-order valence-electron chi connectivity index (χ2n) is 5.47. The number of ether oxygens (including phenoxy) is 1. The van der Waals surface area contributed by atoms with Crippen molar-refractivity contribution in [3.05, 3.63) is 0 Å². The molecule has 0 radical (unpaired) electrons. The van der Waals surface area contributed by atoms with Gasteiger partial charge in [0.2, 0.25) is 0 Å². The summed E-state index contributed by atoms with van der Waals surface area (Å²) in [5.41, 5.74) is 6.14. The summed E-state index contributed by atoms with van der Waals surface area (Å²) >= 11 is 0. The highest BCUT2D eigenvalue weighted by Crippen LogP contribution is 2.35. The predicted octanol–water partition coefficient (Wildman–Crippen LogP) is 1.76. The Morgan fingerprint density at radius 3 is 2.50 bits per heavy atom. The van der Waals surface area contributed by atoms with Crippen molar-refractivity contribution in [2.75, 3.05) is 20.2 Å². The lowest BCUT2D eigenvalue weighted by molar-refractivity contribution is -0.00242. The zero-order valence-corrected chi connectivity index (χ0v) is 10.7. The fourth-order valence-corrected chi connectivity index (χ4v) is 3.48. The summed E-state index contributed by atoms with van der Waals surface area (Å²) in [6.45, 7) is 3.77. The Kier molecular flexibility index (Phi) is 3.88. The SMILES string of the molecule is CC1OCCC1(CN)N(C)C1CCCCC1. The maximum Gasteiger partial charge on any atom is 0.0743 e. The van der Waals surface area contributed by atoms with Gasteiger partial charge in [-0.3, -0.25) is 4.90 Å². The van der Waals surface area contributed by atoms with Crippen LogP contribution in [0.1, 0.15) is 45.4 Å². The average molecular weight is 226 g/mol. The van der Waals surface area contributed by atoms with Crippen molar-refractivity contribution in [1.82, 2.24) is 4.90 Å². The van der Waals surface area contributed by atoms with Gasteiger partial charge in [-0.15, -0.1) is 0 Å². The maximum atomic E-state index is 6.05. The van der Waals surface area contributed by atoms with Gasteiger partial charge in [0.15, 0.2) is 0 Å². The monoisotopic (exact) mass is 226 g/mol. The Morgan fingerprint density at radius 1 is 1.31 bits per heavy atom. The van der Waals surface area contributed by atoms with Crippen molar-refractivity contribution in [3.8, 4) is 0 Å². The van der Waals surface area contributed by atoms with Crippen LogP contribution in [0.5, 0.6) is 0 Å². The van der Waals surface area contributed by atoms with Crippen LogP contribution in [0.4, 0.5) is 0 Å². The molecule has 2 rings (SSSR count). The zero-order chi connectivity index (χ0) is 11.6. The lowest BCUT2D eigenvalue weighted by Crippen LogP contribution is -2.60. The van der Waals surface area contributed by atoms with Gasteiger partial charge < -0.3 is 10.5 Å². The van der Waals surface area contributed by atoms with E-state index in [4.69, 9.17) is 10.5 Å². The van der Waals surface area contributed by atoms with E-state index in [0.717, 1.165) is 25.6 Å². The van der Waals surface area contributed by atoms with Crippen LogP contribution >= 0.6 is 0 Å². The molecule has 3 nitrogen and oxygen atoms in total. The van der Waals surface area contributed by atoms with Crippen molar-refractivity contribution < 1.29 is 4.74 Å². The summed E-state index contributed by atoms with van der Waals surface area (Å²) in [5.74, 6) is 0. The standard InChI is InChI=1S/C13H26N2O/c1-11-13(10-14,8-9-16-11)15(2)12-6-4-3-5-7-12/h11-12H,3-10,14H2,1-2H3. The molecule has 1 saturated heterocycles. The molecule has 0 spiro atoms. The Morgan fingerprint density at radius 2 is 2.00 bits per heavy atom. The number of rotatable bonds is 3. The highest BCUT2D eigenvalue weighted by molar-refractivity contribution is 5.01. The molecule has 0 amide bonds. The Balaban J connectivity index is 2.07. The molecule has 16 heavy (non-hydrogen) atoms. The molecule has 0 bridgehead atoms. The van der Waals surface area contributed by atoms with Crippen LogP contribution in [-0.4, -0.2) is 42.8 Å². The Labute approximate surface area is 99.3 Å². The summed E-state index contributed by atoms with van der Waals surface area (Å²) < 4.78 is 5.75. The van der Waals surface area contributed by atoms with Crippen molar-refractivity contribution in [2.24, 2.45) is 5.73 Å². The van der Waals surface area contributed by atoms with E-state index in [0.29, 0.717) is 0 Å². The van der Waals surface area contributed by atoms with E-state index in [1.165, 1.54) is 32.1 Å². The highest BCUT2D eigenvalue weighted by atomic mass is 16.5. The molecular formula is C13H26N2O. The first-order valence-corrected chi connectivity index (χ1v) is 6.75. The molecule has 1 aliphatic heterocycles. The van der Waals surface area contributed by atoms with E-state index in [2.05, 4.69) is 18.9 Å². The second kappa shape index (κ2) is 5.03. The first kappa shape index (κ1) is 12.3. The molecule has 2 N–H and O–H groups in total. The molecule has 0 aromatic rings. The summed E-state index contributed by atoms with van der Waals surface area (Å²) in [7, 11) is 2.26. The third-order valence-corrected chi connectivity index (χ3v) is 4.84. The molecule has 2 aliphatic rings. The summed E-state index contributed by atoms with van der Waals surface area (Å²) in [6.07, 6.45) is 8.22. The molecule has 1 aliphatic carbocycles. The smallest absolute Gasteiger partial charge is 0.0743 e. The van der Waals surface area contributed by atoms with E-state index in [9.17, 15) is 0 Å². The average Bonchev–Trinajstić information content (AvgIpc) is 2.72. The van der Waals surface area contributed by atoms with Gasteiger partial charge in [-0.25, -0.2) is 0 Å². The molecule has 94 valence electrons.